The van der Waals surface area contributed by atoms with E-state index in [1.54, 1.807) is 0 Å². The third-order valence-electron chi connectivity index (χ3n) is 5.27. The van der Waals surface area contributed by atoms with Gasteiger partial charge in [0.1, 0.15) is 12.4 Å². The van der Waals surface area contributed by atoms with Crippen LogP contribution in [0.25, 0.3) is 22.4 Å². The van der Waals surface area contributed by atoms with Crippen molar-refractivity contribution in [2.45, 2.75) is 12.8 Å². The van der Waals surface area contributed by atoms with Crippen LogP contribution in [0.15, 0.2) is 60.8 Å². The number of aromatic nitrogens is 1. The van der Waals surface area contributed by atoms with Crippen LogP contribution in [0.1, 0.15) is 18.4 Å². The molecule has 148 valence electrons. The summed E-state index contributed by atoms with van der Waals surface area (Å²) in [5, 5.41) is 8.49. The van der Waals surface area contributed by atoms with E-state index in [9.17, 15) is 0 Å². The van der Waals surface area contributed by atoms with E-state index >= 15 is 0 Å². The summed E-state index contributed by atoms with van der Waals surface area (Å²) in [7, 11) is 0. The van der Waals surface area contributed by atoms with E-state index in [1.807, 2.05) is 54.7 Å². The van der Waals surface area contributed by atoms with E-state index in [0.717, 1.165) is 58.4 Å². The molecule has 0 atom stereocenters. The van der Waals surface area contributed by atoms with Crippen LogP contribution in [0.3, 0.4) is 0 Å². The summed E-state index contributed by atoms with van der Waals surface area (Å²) < 4.78 is 5.94. The second-order valence-electron chi connectivity index (χ2n) is 7.23. The lowest BCUT2D eigenvalue weighted by Gasteiger charge is -2.16. The molecule has 0 spiro atoms. The Hall–Kier alpha value is -2.69. The first-order valence-corrected chi connectivity index (χ1v) is 10.3. The molecule has 1 aromatic heterocycles. The van der Waals surface area contributed by atoms with Crippen LogP contribution < -0.4 is 4.74 Å². The van der Waals surface area contributed by atoms with Crippen molar-refractivity contribution in [2.24, 2.45) is 0 Å². The molecule has 0 aliphatic carbocycles. The number of likely N-dealkylation sites (tertiary alicyclic amines) is 1. The highest BCUT2D eigenvalue weighted by Crippen LogP contribution is 2.27. The van der Waals surface area contributed by atoms with E-state index in [0.29, 0.717) is 6.61 Å². The average molecular weight is 406 g/mol. The summed E-state index contributed by atoms with van der Waals surface area (Å²) in [6.45, 7) is 3.91. The van der Waals surface area contributed by atoms with Gasteiger partial charge in [-0.05, 0) is 67.9 Å². The summed E-state index contributed by atoms with van der Waals surface area (Å²) in [4.78, 5) is 7.03. The summed E-state index contributed by atoms with van der Waals surface area (Å²) in [6.07, 6.45) is 5.77. The van der Waals surface area contributed by atoms with Crippen LogP contribution in [-0.2, 0) is 0 Å². The smallest absolute Gasteiger partial charge is 0.128 e. The van der Waals surface area contributed by atoms with Gasteiger partial charge in [-0.3, -0.25) is 9.88 Å². The molecule has 5 heteroatoms. The number of benzene rings is 2. The number of pyridine rings is 1. The van der Waals surface area contributed by atoms with Gasteiger partial charge < -0.3 is 10.1 Å². The fourth-order valence-corrected chi connectivity index (χ4v) is 3.75. The minimum Gasteiger partial charge on any atom is -0.492 e. The van der Waals surface area contributed by atoms with Crippen molar-refractivity contribution in [3.8, 4) is 28.1 Å². The number of hydrogen-bond donors (Lipinski definition) is 1. The number of nitrogens with zero attached hydrogens (tertiary/aromatic N) is 2. The Morgan fingerprint density at radius 2 is 1.69 bits per heavy atom. The molecule has 2 heterocycles. The Morgan fingerprint density at radius 3 is 2.38 bits per heavy atom. The van der Waals surface area contributed by atoms with Crippen molar-refractivity contribution >= 4 is 17.8 Å². The summed E-state index contributed by atoms with van der Waals surface area (Å²) in [5.74, 6) is 0.751. The van der Waals surface area contributed by atoms with Gasteiger partial charge in [0.15, 0.2) is 0 Å². The maximum atomic E-state index is 7.76. The highest BCUT2D eigenvalue weighted by atomic mass is 35.5. The van der Waals surface area contributed by atoms with Gasteiger partial charge >= 0.3 is 0 Å². The van der Waals surface area contributed by atoms with Gasteiger partial charge in [-0.2, -0.15) is 0 Å². The normalized spacial score (nSPS) is 14.1. The summed E-state index contributed by atoms with van der Waals surface area (Å²) >= 11 is 5.96. The Kier molecular flexibility index (Phi) is 6.23. The fraction of sp³-hybridized carbons (Fsp3) is 0.250. The monoisotopic (exact) mass is 405 g/mol. The molecule has 0 amide bonds. The molecule has 4 rings (SSSR count). The standard InChI is InChI=1S/C24H24ClN3O/c25-22-7-3-18(4-8-22)20-5-9-23(27-17-20)19-6-10-24(21(15-19)16-26)29-14-13-28-11-1-2-12-28/h3-10,15-17,26H,1-2,11-14H2. The van der Waals surface area contributed by atoms with E-state index in [-0.39, 0.29) is 0 Å². The number of ether oxygens (including phenoxy) is 1. The molecule has 0 bridgehead atoms. The molecular formula is C24H24ClN3O. The predicted octanol–water partition coefficient (Wildman–Crippen LogP) is 5.54. The van der Waals surface area contributed by atoms with Gasteiger partial charge in [0.2, 0.25) is 0 Å². The molecule has 1 N–H and O–H groups in total. The average Bonchev–Trinajstić information content (AvgIpc) is 3.28. The summed E-state index contributed by atoms with van der Waals surface area (Å²) in [6, 6.07) is 17.7. The molecule has 1 aliphatic rings. The number of halogens is 1. The van der Waals surface area contributed by atoms with Gasteiger partial charge in [-0.15, -0.1) is 0 Å². The zero-order chi connectivity index (χ0) is 20.1. The largest absolute Gasteiger partial charge is 0.492 e. The molecule has 0 radical (unpaired) electrons. The number of nitrogens with one attached hydrogen (secondary N) is 1. The van der Waals surface area contributed by atoms with Crippen molar-refractivity contribution in [3.05, 3.63) is 71.4 Å². The van der Waals surface area contributed by atoms with E-state index in [1.165, 1.54) is 19.1 Å². The first kappa shape index (κ1) is 19.6. The van der Waals surface area contributed by atoms with E-state index in [4.69, 9.17) is 21.7 Å². The molecule has 1 aliphatic heterocycles. The number of rotatable bonds is 7. The first-order valence-electron chi connectivity index (χ1n) is 9.95. The van der Waals surface area contributed by atoms with Gasteiger partial charge in [0.25, 0.3) is 0 Å². The molecular weight excluding hydrogens is 382 g/mol. The van der Waals surface area contributed by atoms with Crippen molar-refractivity contribution in [3.63, 3.8) is 0 Å². The molecule has 1 saturated heterocycles. The van der Waals surface area contributed by atoms with Crippen molar-refractivity contribution in [2.75, 3.05) is 26.2 Å². The lowest BCUT2D eigenvalue weighted by atomic mass is 10.0. The van der Waals surface area contributed by atoms with Crippen LogP contribution in [0, 0.1) is 5.41 Å². The van der Waals surface area contributed by atoms with Crippen LogP contribution in [0.5, 0.6) is 5.75 Å². The minimum atomic E-state index is 0.647. The van der Waals surface area contributed by atoms with E-state index in [2.05, 4.69) is 16.0 Å². The second-order valence-corrected chi connectivity index (χ2v) is 7.67. The molecule has 4 nitrogen and oxygen atoms in total. The zero-order valence-corrected chi connectivity index (χ0v) is 17.0. The topological polar surface area (TPSA) is 49.2 Å². The lowest BCUT2D eigenvalue weighted by molar-refractivity contribution is 0.237. The van der Waals surface area contributed by atoms with Crippen molar-refractivity contribution in [1.29, 1.82) is 5.41 Å². The van der Waals surface area contributed by atoms with E-state index < -0.39 is 0 Å². The third-order valence-corrected chi connectivity index (χ3v) is 5.52. The Labute approximate surface area is 176 Å². The van der Waals surface area contributed by atoms with Crippen LogP contribution in [0.4, 0.5) is 0 Å². The Morgan fingerprint density at radius 1 is 0.966 bits per heavy atom. The lowest BCUT2D eigenvalue weighted by Crippen LogP contribution is -2.25. The molecule has 2 aromatic carbocycles. The zero-order valence-electron chi connectivity index (χ0n) is 16.3. The van der Waals surface area contributed by atoms with Gasteiger partial charge in [-0.25, -0.2) is 0 Å². The second kappa shape index (κ2) is 9.21. The third kappa shape index (κ3) is 4.84. The predicted molar refractivity (Wildman–Crippen MR) is 119 cm³/mol. The van der Waals surface area contributed by atoms with Crippen molar-refractivity contribution in [1.82, 2.24) is 9.88 Å². The molecule has 0 saturated carbocycles. The quantitative estimate of drug-likeness (QED) is 0.525. The fourth-order valence-electron chi connectivity index (χ4n) is 3.62. The molecule has 29 heavy (non-hydrogen) atoms. The van der Waals surface area contributed by atoms with Gasteiger partial charge in [-0.1, -0.05) is 29.8 Å². The Bertz CT molecular complexity index is 964. The van der Waals surface area contributed by atoms with Crippen LogP contribution in [0.2, 0.25) is 5.02 Å². The maximum Gasteiger partial charge on any atom is 0.128 e. The molecule has 3 aromatic rings. The Balaban J connectivity index is 1.46. The first-order chi connectivity index (χ1) is 14.2. The molecule has 1 fully saturated rings. The highest BCUT2D eigenvalue weighted by Gasteiger charge is 2.12. The van der Waals surface area contributed by atoms with Crippen molar-refractivity contribution < 1.29 is 4.74 Å². The highest BCUT2D eigenvalue weighted by molar-refractivity contribution is 6.30. The summed E-state index contributed by atoms with van der Waals surface area (Å²) in [5.41, 5.74) is 4.73. The molecule has 0 unspecified atom stereocenters. The SMILES string of the molecule is N=Cc1cc(-c2ccc(-c3ccc(Cl)cc3)cn2)ccc1OCCN1CCCC1. The maximum absolute atomic E-state index is 7.76. The van der Waals surface area contributed by atoms with Gasteiger partial charge in [0, 0.05) is 40.7 Å². The minimum absolute atomic E-state index is 0.647. The van der Waals surface area contributed by atoms with Gasteiger partial charge in [0.05, 0.1) is 5.69 Å². The number of hydrogen-bond acceptors (Lipinski definition) is 4. The van der Waals surface area contributed by atoms with Crippen LogP contribution in [-0.4, -0.2) is 42.3 Å². The van der Waals surface area contributed by atoms with Crippen LogP contribution >= 0.6 is 11.6 Å².